The van der Waals surface area contributed by atoms with E-state index in [2.05, 4.69) is 91.3 Å². The quantitative estimate of drug-likeness (QED) is 0.00928. The fourth-order valence-electron chi connectivity index (χ4n) is 7.14. The molecule has 0 aromatic heterocycles. The van der Waals surface area contributed by atoms with Crippen LogP contribution in [0.3, 0.4) is 0 Å². The first-order valence-electron chi connectivity index (χ1n) is 26.0. The van der Waals surface area contributed by atoms with E-state index in [-0.39, 0.29) is 25.7 Å². The number of aliphatic hydroxyl groups excluding tert-OH is 5. The monoisotopic (exact) mass is 1070 g/mol. The number of ether oxygens (including phenoxy) is 2. The molecule has 0 heterocycles. The molecule has 17 nitrogen and oxygen atoms in total. The predicted octanol–water partition coefficient (Wildman–Crippen LogP) is 9.87. The van der Waals surface area contributed by atoms with Crippen molar-refractivity contribution in [3.63, 3.8) is 0 Å². The molecule has 0 bridgehead atoms. The van der Waals surface area contributed by atoms with Crippen LogP contribution in [0, 0.1) is 0 Å². The molecule has 0 amide bonds. The maximum absolute atomic E-state index is 13.0. The van der Waals surface area contributed by atoms with Crippen molar-refractivity contribution in [2.75, 3.05) is 13.2 Å². The van der Waals surface area contributed by atoms with Crippen LogP contribution < -0.4 is 0 Å². The van der Waals surface area contributed by atoms with Gasteiger partial charge in [0.25, 0.3) is 0 Å². The number of phosphoric acid groups is 2. The van der Waals surface area contributed by atoms with Crippen molar-refractivity contribution < 1.29 is 82.0 Å². The lowest BCUT2D eigenvalue weighted by atomic mass is 9.85. The summed E-state index contributed by atoms with van der Waals surface area (Å²) in [5.41, 5.74) is 0. The number of unbranched alkanes of at least 4 members (excludes halogenated alkanes) is 10. The minimum atomic E-state index is -5.40. The number of carbonyl (C=O) groups excluding carboxylic acids is 2. The van der Waals surface area contributed by atoms with Gasteiger partial charge in [-0.3, -0.25) is 23.2 Å². The summed E-state index contributed by atoms with van der Waals surface area (Å²) < 4.78 is 49.3. The molecule has 0 radical (unpaired) electrons. The van der Waals surface area contributed by atoms with Crippen molar-refractivity contribution in [2.45, 2.75) is 204 Å². The molecule has 1 aliphatic carbocycles. The maximum atomic E-state index is 13.0. The van der Waals surface area contributed by atoms with Gasteiger partial charge in [0.05, 0.1) is 12.7 Å². The number of hydrogen-bond donors (Lipinski definition) is 8. The average molecular weight is 1070 g/mol. The number of hydrogen-bond acceptors (Lipinski definition) is 14. The van der Waals surface area contributed by atoms with E-state index >= 15 is 0 Å². The first-order valence-corrected chi connectivity index (χ1v) is 29.1. The van der Waals surface area contributed by atoms with E-state index in [0.29, 0.717) is 6.42 Å². The van der Waals surface area contributed by atoms with Crippen molar-refractivity contribution >= 4 is 27.6 Å². The molecule has 6 unspecified atom stereocenters. The van der Waals surface area contributed by atoms with E-state index in [1.165, 1.54) is 25.7 Å². The van der Waals surface area contributed by atoms with E-state index in [9.17, 15) is 58.9 Å². The summed E-state index contributed by atoms with van der Waals surface area (Å²) >= 11 is 0. The van der Waals surface area contributed by atoms with Gasteiger partial charge < -0.3 is 49.7 Å². The molecular weight excluding hydrogens is 983 g/mol. The topological polar surface area (TPSA) is 276 Å². The van der Waals surface area contributed by atoms with Gasteiger partial charge in [0.2, 0.25) is 0 Å². The lowest BCUT2D eigenvalue weighted by Crippen LogP contribution is -2.64. The Morgan fingerprint density at radius 1 is 0.521 bits per heavy atom. The van der Waals surface area contributed by atoms with Crippen molar-refractivity contribution in [3.05, 3.63) is 109 Å². The van der Waals surface area contributed by atoms with Crippen molar-refractivity contribution in [2.24, 2.45) is 0 Å². The van der Waals surface area contributed by atoms with E-state index in [1.54, 1.807) is 24.3 Å². The largest absolute Gasteiger partial charge is 0.472 e. The summed E-state index contributed by atoms with van der Waals surface area (Å²) in [7, 11) is -10.8. The van der Waals surface area contributed by atoms with Crippen LogP contribution in [0.2, 0.25) is 0 Å². The minimum Gasteiger partial charge on any atom is -0.462 e. The van der Waals surface area contributed by atoms with Crippen LogP contribution in [-0.2, 0) is 41.8 Å². The molecule has 73 heavy (non-hydrogen) atoms. The zero-order valence-electron chi connectivity index (χ0n) is 43.1. The molecule has 0 aromatic rings. The predicted molar refractivity (Wildman–Crippen MR) is 284 cm³/mol. The maximum Gasteiger partial charge on any atom is 0.472 e. The molecule has 1 saturated carbocycles. The average Bonchev–Trinajstić information content (AvgIpc) is 3.34. The van der Waals surface area contributed by atoms with Gasteiger partial charge in [-0.2, -0.15) is 0 Å². The second-order valence-corrected chi connectivity index (χ2v) is 20.3. The van der Waals surface area contributed by atoms with Gasteiger partial charge in [-0.15, -0.1) is 0 Å². The van der Waals surface area contributed by atoms with Gasteiger partial charge in [-0.05, 0) is 83.5 Å². The third-order valence-electron chi connectivity index (χ3n) is 11.2. The van der Waals surface area contributed by atoms with Crippen LogP contribution in [0.15, 0.2) is 109 Å². The van der Waals surface area contributed by atoms with Gasteiger partial charge in [-0.1, -0.05) is 168 Å². The Bertz CT molecular complexity index is 1830. The van der Waals surface area contributed by atoms with Crippen LogP contribution in [0.5, 0.6) is 0 Å². The molecule has 0 aliphatic heterocycles. The summed E-state index contributed by atoms with van der Waals surface area (Å²) in [6.45, 7) is 2.83. The second-order valence-electron chi connectivity index (χ2n) is 17.7. The Kier molecular flexibility index (Phi) is 39.7. The smallest absolute Gasteiger partial charge is 0.462 e. The molecule has 8 N–H and O–H groups in total. The van der Waals surface area contributed by atoms with E-state index < -0.39 is 89.6 Å². The minimum absolute atomic E-state index is 0.0624. The van der Waals surface area contributed by atoms with Crippen LogP contribution >= 0.6 is 15.6 Å². The number of phosphoric ester groups is 2. The molecule has 0 saturated heterocycles. The fraction of sp³-hybridized carbons (Fsp3) is 0.630. The first kappa shape index (κ1) is 67.6. The molecule has 1 rings (SSSR count). The Morgan fingerprint density at radius 3 is 1.60 bits per heavy atom. The summed E-state index contributed by atoms with van der Waals surface area (Å²) in [4.78, 5) is 54.4. The highest BCUT2D eigenvalue weighted by molar-refractivity contribution is 7.47. The van der Waals surface area contributed by atoms with E-state index in [0.717, 1.165) is 83.5 Å². The molecule has 416 valence electrons. The number of esters is 2. The van der Waals surface area contributed by atoms with Crippen molar-refractivity contribution in [3.8, 4) is 0 Å². The Balaban J connectivity index is 2.65. The summed E-state index contributed by atoms with van der Waals surface area (Å²) in [6.07, 6.45) is 39.1. The highest BCUT2D eigenvalue weighted by Crippen LogP contribution is 2.49. The SMILES string of the molecule is CC/C=C\C/C=C\C/C=C\C/C=C\C=C/C(O)C/C=C\CCC(=O)O[C@H](COC(=O)CCCCCCCC/C=C\C/C=C\C/C=C\CCCCCC)COP(=O)(O)O[C@H]1C(O)C(O)C(O)[C@@H](OP(=O)(O)O)C1O. The zero-order valence-corrected chi connectivity index (χ0v) is 44.9. The lowest BCUT2D eigenvalue weighted by molar-refractivity contribution is -0.216. The molecular formula is C54H88O17P2. The molecule has 9 atom stereocenters. The van der Waals surface area contributed by atoms with Gasteiger partial charge in [-0.25, -0.2) is 9.13 Å². The van der Waals surface area contributed by atoms with Crippen LogP contribution in [0.4, 0.5) is 0 Å². The van der Waals surface area contributed by atoms with E-state index in [1.807, 2.05) is 12.2 Å². The van der Waals surface area contributed by atoms with Crippen LogP contribution in [0.1, 0.15) is 155 Å². The van der Waals surface area contributed by atoms with E-state index in [4.69, 9.17) is 18.5 Å². The molecule has 19 heteroatoms. The number of aliphatic hydroxyl groups is 5. The van der Waals surface area contributed by atoms with Crippen LogP contribution in [0.25, 0.3) is 0 Å². The number of carbonyl (C=O) groups is 2. The van der Waals surface area contributed by atoms with Gasteiger partial charge in [0, 0.05) is 12.8 Å². The molecule has 0 spiro atoms. The van der Waals surface area contributed by atoms with Gasteiger partial charge in [0.1, 0.15) is 43.2 Å². The fourth-order valence-corrected chi connectivity index (χ4v) is 8.68. The van der Waals surface area contributed by atoms with Crippen molar-refractivity contribution in [1.29, 1.82) is 0 Å². The summed E-state index contributed by atoms with van der Waals surface area (Å²) in [5, 5.41) is 51.6. The Labute approximate surface area is 434 Å². The highest BCUT2D eigenvalue weighted by atomic mass is 31.2. The molecule has 1 fully saturated rings. The molecule has 0 aromatic carbocycles. The van der Waals surface area contributed by atoms with Gasteiger partial charge >= 0.3 is 27.6 Å². The van der Waals surface area contributed by atoms with Gasteiger partial charge in [0.15, 0.2) is 6.10 Å². The van der Waals surface area contributed by atoms with Crippen LogP contribution in [-0.4, -0.2) is 114 Å². The highest BCUT2D eigenvalue weighted by Gasteiger charge is 2.54. The zero-order chi connectivity index (χ0) is 54.0. The summed E-state index contributed by atoms with van der Waals surface area (Å²) in [5.74, 6) is -1.41. The Hall–Kier alpha value is -3.38. The normalized spacial score (nSPS) is 21.9. The standard InChI is InChI=1S/C54H88O17P2/c1-3-5-7-9-11-13-15-17-18-19-20-21-22-23-25-27-29-31-33-37-41-47(56)67-43-46(44-68-73(65,66)71-54-51(60)49(58)50(59)53(52(54)61)70-72(62,63)64)69-48(57)42-38-34-36-40-45(55)39-35-32-30-28-26-24-16-14-12-10-8-6-4-2/h6,8,12-15,18-19,21-22,24,26,30,32,34-36,39,45-46,49-55,58-61H,3-5,7,9-11,16-17,20,23,25,27-29,31,33,37-38,40-44H2,1-2H3,(H,65,66)(H2,62,63,64)/b8-6-,14-12-,15-13-,19-18-,22-21-,26-24-,32-30-,36-34-,39-35-/t45?,46-,49?,50?,51?,52?,53-,54+/m1/s1. The molecule has 1 aliphatic rings. The Morgan fingerprint density at radius 2 is 1.03 bits per heavy atom. The third kappa shape index (κ3) is 37.1. The third-order valence-corrected chi connectivity index (χ3v) is 12.7. The number of rotatable bonds is 42. The second kappa shape index (κ2) is 42.8. The van der Waals surface area contributed by atoms with Crippen molar-refractivity contribution in [1.82, 2.24) is 0 Å². The lowest BCUT2D eigenvalue weighted by Gasteiger charge is -2.43. The summed E-state index contributed by atoms with van der Waals surface area (Å²) in [6, 6.07) is 0. The first-order chi connectivity index (χ1) is 35.0. The number of allylic oxidation sites excluding steroid dienone is 16.